The molecule has 1 aromatic carbocycles. The fraction of sp³-hybridized carbons (Fsp3) is 0.476. The van der Waals surface area contributed by atoms with Crippen molar-refractivity contribution in [2.45, 2.75) is 50.0 Å². The van der Waals surface area contributed by atoms with Crippen molar-refractivity contribution in [3.05, 3.63) is 41.7 Å². The minimum Gasteiger partial charge on any atom is -0.353 e. The van der Waals surface area contributed by atoms with Crippen LogP contribution in [0.2, 0.25) is 0 Å². The van der Waals surface area contributed by atoms with Gasteiger partial charge in [0.2, 0.25) is 11.8 Å². The number of para-hydroxylation sites is 1. The number of rotatable bonds is 6. The molecule has 2 bridgehead atoms. The van der Waals surface area contributed by atoms with Gasteiger partial charge in [-0.15, -0.1) is 11.8 Å². The van der Waals surface area contributed by atoms with Gasteiger partial charge in [0.25, 0.3) is 0 Å². The minimum atomic E-state index is -0.232. The van der Waals surface area contributed by atoms with E-state index in [1.807, 2.05) is 48.9 Å². The third-order valence-corrected chi connectivity index (χ3v) is 7.09. The zero-order valence-corrected chi connectivity index (χ0v) is 17.1. The molecular weight excluding hydrogens is 372 g/mol. The highest BCUT2D eigenvalue weighted by Crippen LogP contribution is 2.37. The van der Waals surface area contributed by atoms with Crippen LogP contribution in [0.3, 0.4) is 0 Å². The van der Waals surface area contributed by atoms with E-state index in [1.54, 1.807) is 0 Å². The number of nitrogens with zero attached hydrogens (tertiary/aromatic N) is 2. The van der Waals surface area contributed by atoms with Gasteiger partial charge >= 0.3 is 0 Å². The molecule has 1 aromatic heterocycles. The minimum absolute atomic E-state index is 0.00564. The van der Waals surface area contributed by atoms with Crippen molar-refractivity contribution in [3.63, 3.8) is 0 Å². The fourth-order valence-corrected chi connectivity index (χ4v) is 5.31. The maximum absolute atomic E-state index is 12.4. The van der Waals surface area contributed by atoms with Crippen molar-refractivity contribution in [2.24, 2.45) is 5.92 Å². The number of amides is 2. The van der Waals surface area contributed by atoms with E-state index in [-0.39, 0.29) is 23.3 Å². The number of hydrogen-bond donors (Lipinski definition) is 2. The summed E-state index contributed by atoms with van der Waals surface area (Å²) in [6.45, 7) is 4.53. The number of carbonyl (C=O) groups is 2. The van der Waals surface area contributed by atoms with E-state index in [0.29, 0.717) is 12.3 Å². The molecule has 6 nitrogen and oxygen atoms in total. The number of nitrogens with one attached hydrogen (secondary N) is 2. The molecule has 1 saturated carbocycles. The molecule has 2 aliphatic rings. The van der Waals surface area contributed by atoms with E-state index in [4.69, 9.17) is 0 Å². The highest BCUT2D eigenvalue weighted by molar-refractivity contribution is 8.00. The van der Waals surface area contributed by atoms with Crippen LogP contribution in [0.4, 0.5) is 0 Å². The number of carbonyl (C=O) groups excluding carboxylic acids is 2. The van der Waals surface area contributed by atoms with Gasteiger partial charge in [-0.1, -0.05) is 24.6 Å². The van der Waals surface area contributed by atoms with Crippen LogP contribution in [0.1, 0.15) is 37.1 Å². The molecule has 1 aliphatic carbocycles. The van der Waals surface area contributed by atoms with Crippen LogP contribution in [-0.4, -0.2) is 39.4 Å². The van der Waals surface area contributed by atoms with Crippen LogP contribution >= 0.6 is 11.8 Å². The van der Waals surface area contributed by atoms with Crippen LogP contribution in [-0.2, 0) is 9.59 Å². The first kappa shape index (κ1) is 19.1. The molecular formula is C21H26N4O2S. The first-order chi connectivity index (χ1) is 13.5. The predicted octanol–water partition coefficient (Wildman–Crippen LogP) is 2.76. The molecule has 148 valence electrons. The SMILES string of the molecule is Cc1nn(-c2ccccc2)c(C)c1SCC(=O)NCC12CCCC(C1)C(=O)N2. The van der Waals surface area contributed by atoms with E-state index in [9.17, 15) is 9.59 Å². The highest BCUT2D eigenvalue weighted by atomic mass is 32.2. The second-order valence-electron chi connectivity index (χ2n) is 7.88. The Labute approximate surface area is 169 Å². The summed E-state index contributed by atoms with van der Waals surface area (Å²) >= 11 is 1.52. The van der Waals surface area contributed by atoms with Gasteiger partial charge in [0.15, 0.2) is 0 Å². The smallest absolute Gasteiger partial charge is 0.230 e. The Morgan fingerprint density at radius 3 is 2.93 bits per heavy atom. The van der Waals surface area contributed by atoms with Crippen LogP contribution in [0.25, 0.3) is 5.69 Å². The van der Waals surface area contributed by atoms with Gasteiger partial charge in [-0.25, -0.2) is 4.68 Å². The number of aromatic nitrogens is 2. The van der Waals surface area contributed by atoms with Crippen LogP contribution < -0.4 is 10.6 Å². The molecule has 2 amide bonds. The molecule has 2 heterocycles. The van der Waals surface area contributed by atoms with Crippen molar-refractivity contribution < 1.29 is 9.59 Å². The molecule has 0 spiro atoms. The summed E-state index contributed by atoms with van der Waals surface area (Å²) in [6, 6.07) is 10.0. The number of benzene rings is 1. The van der Waals surface area contributed by atoms with E-state index in [2.05, 4.69) is 15.7 Å². The van der Waals surface area contributed by atoms with E-state index >= 15 is 0 Å². The Morgan fingerprint density at radius 1 is 1.36 bits per heavy atom. The molecule has 7 heteroatoms. The third-order valence-electron chi connectivity index (χ3n) is 5.80. The molecule has 4 rings (SSSR count). The Bertz CT molecular complexity index is 895. The molecule has 2 fully saturated rings. The number of aryl methyl sites for hydroxylation is 1. The molecule has 28 heavy (non-hydrogen) atoms. The lowest BCUT2D eigenvalue weighted by Crippen LogP contribution is -2.51. The Morgan fingerprint density at radius 2 is 2.14 bits per heavy atom. The lowest BCUT2D eigenvalue weighted by molar-refractivity contribution is -0.123. The topological polar surface area (TPSA) is 76.0 Å². The van der Waals surface area contributed by atoms with Crippen molar-refractivity contribution in [1.82, 2.24) is 20.4 Å². The quantitative estimate of drug-likeness (QED) is 0.734. The molecule has 2 atom stereocenters. The normalized spacial score (nSPS) is 23.5. The average molecular weight is 399 g/mol. The van der Waals surface area contributed by atoms with E-state index in [0.717, 1.165) is 47.7 Å². The molecule has 2 unspecified atom stereocenters. The van der Waals surface area contributed by atoms with E-state index < -0.39 is 0 Å². The monoisotopic (exact) mass is 398 g/mol. The molecule has 2 N–H and O–H groups in total. The van der Waals surface area contributed by atoms with Gasteiger partial charge < -0.3 is 10.6 Å². The molecule has 2 aromatic rings. The third kappa shape index (κ3) is 3.68. The second kappa shape index (κ2) is 7.62. The Hall–Kier alpha value is -2.28. The first-order valence-corrected chi connectivity index (χ1v) is 10.8. The van der Waals surface area contributed by atoms with Crippen LogP contribution in [0.15, 0.2) is 35.2 Å². The van der Waals surface area contributed by atoms with Crippen molar-refractivity contribution in [3.8, 4) is 5.69 Å². The maximum Gasteiger partial charge on any atom is 0.230 e. The van der Waals surface area contributed by atoms with Gasteiger partial charge in [0, 0.05) is 12.5 Å². The van der Waals surface area contributed by atoms with Crippen molar-refractivity contribution >= 4 is 23.6 Å². The average Bonchev–Trinajstić information content (AvgIpc) is 3.11. The summed E-state index contributed by atoms with van der Waals surface area (Å²) in [5.74, 6) is 0.624. The molecule has 0 radical (unpaired) electrons. The first-order valence-electron chi connectivity index (χ1n) is 9.81. The molecule has 1 aliphatic heterocycles. The standard InChI is InChI=1S/C21H26N4O2S/c1-14-19(15(2)25(24-14)17-8-4-3-5-9-17)28-12-18(26)22-13-21-10-6-7-16(11-21)20(27)23-21/h3-5,8-9,16H,6-7,10-13H2,1-2H3,(H,22,26)(H,23,27). The summed E-state index contributed by atoms with van der Waals surface area (Å²) in [5.41, 5.74) is 2.75. The summed E-state index contributed by atoms with van der Waals surface area (Å²) in [7, 11) is 0. The Balaban J connectivity index is 1.35. The lowest BCUT2D eigenvalue weighted by atomic mass is 9.80. The Kier molecular flexibility index (Phi) is 5.19. The van der Waals surface area contributed by atoms with Gasteiger partial charge in [-0.05, 0) is 45.2 Å². The maximum atomic E-state index is 12.4. The van der Waals surface area contributed by atoms with Gasteiger partial charge in [-0.3, -0.25) is 9.59 Å². The lowest BCUT2D eigenvalue weighted by Gasteiger charge is -2.32. The number of thioether (sulfide) groups is 1. The highest BCUT2D eigenvalue weighted by Gasteiger charge is 2.46. The zero-order chi connectivity index (χ0) is 19.7. The predicted molar refractivity (Wildman–Crippen MR) is 110 cm³/mol. The van der Waals surface area contributed by atoms with Gasteiger partial charge in [-0.2, -0.15) is 5.10 Å². The zero-order valence-electron chi connectivity index (χ0n) is 16.3. The van der Waals surface area contributed by atoms with Gasteiger partial charge in [0.05, 0.1) is 33.3 Å². The summed E-state index contributed by atoms with van der Waals surface area (Å²) in [5, 5.41) is 10.8. The number of hydrogen-bond acceptors (Lipinski definition) is 4. The second-order valence-corrected chi connectivity index (χ2v) is 8.86. The molecule has 1 saturated heterocycles. The fourth-order valence-electron chi connectivity index (χ4n) is 4.38. The summed E-state index contributed by atoms with van der Waals surface area (Å²) in [6.07, 6.45) is 3.82. The van der Waals surface area contributed by atoms with Crippen LogP contribution in [0, 0.1) is 19.8 Å². The largest absolute Gasteiger partial charge is 0.353 e. The van der Waals surface area contributed by atoms with Gasteiger partial charge in [0.1, 0.15) is 0 Å². The number of fused-ring (bicyclic) bond motifs is 2. The van der Waals surface area contributed by atoms with Crippen LogP contribution in [0.5, 0.6) is 0 Å². The van der Waals surface area contributed by atoms with Crippen molar-refractivity contribution in [1.29, 1.82) is 0 Å². The van der Waals surface area contributed by atoms with Crippen molar-refractivity contribution in [2.75, 3.05) is 12.3 Å². The van der Waals surface area contributed by atoms with E-state index in [1.165, 1.54) is 11.8 Å². The summed E-state index contributed by atoms with van der Waals surface area (Å²) in [4.78, 5) is 25.5. The summed E-state index contributed by atoms with van der Waals surface area (Å²) < 4.78 is 1.92.